The molecule has 0 saturated heterocycles. The second-order valence-corrected chi connectivity index (χ2v) is 5.68. The Kier molecular flexibility index (Phi) is 4.57. The molecule has 0 aliphatic heterocycles. The molecular formula is C14H17BrN4O. The van der Waals surface area contributed by atoms with Gasteiger partial charge in [-0.15, -0.1) is 0 Å². The van der Waals surface area contributed by atoms with Gasteiger partial charge in [0, 0.05) is 16.5 Å². The third kappa shape index (κ3) is 3.46. The van der Waals surface area contributed by atoms with E-state index in [4.69, 9.17) is 10.6 Å². The zero-order valence-electron chi connectivity index (χ0n) is 11.6. The number of nitrogen functional groups attached to an aromatic ring is 1. The molecule has 0 spiro atoms. The molecule has 0 bridgehead atoms. The predicted octanol–water partition coefficient (Wildman–Crippen LogP) is 3.75. The quantitative estimate of drug-likeness (QED) is 0.657. The van der Waals surface area contributed by atoms with E-state index in [1.54, 1.807) is 6.07 Å². The number of anilines is 1. The number of nitrogens with one attached hydrogen (secondary N) is 1. The van der Waals surface area contributed by atoms with Gasteiger partial charge in [-0.1, -0.05) is 35.8 Å². The molecule has 0 aliphatic rings. The summed E-state index contributed by atoms with van der Waals surface area (Å²) in [7, 11) is 0. The fraction of sp³-hybridized carbons (Fsp3) is 0.286. The smallest absolute Gasteiger partial charge is 0.224 e. The summed E-state index contributed by atoms with van der Waals surface area (Å²) >= 11 is 3.43. The fourth-order valence-electron chi connectivity index (χ4n) is 1.62. The van der Waals surface area contributed by atoms with E-state index in [0.717, 1.165) is 15.8 Å². The Balaban J connectivity index is 2.37. The molecule has 0 unspecified atom stereocenters. The van der Waals surface area contributed by atoms with Gasteiger partial charge in [0.15, 0.2) is 0 Å². The minimum absolute atomic E-state index is 0.189. The summed E-state index contributed by atoms with van der Waals surface area (Å²) in [6, 6.07) is 7.52. The summed E-state index contributed by atoms with van der Waals surface area (Å²) in [6.07, 6.45) is 0. The topological polar surface area (TPSA) is 73.1 Å². The second-order valence-electron chi connectivity index (χ2n) is 4.76. The number of hydrogen-bond donors (Lipinski definition) is 2. The van der Waals surface area contributed by atoms with Crippen LogP contribution in [-0.4, -0.2) is 9.97 Å². The van der Waals surface area contributed by atoms with Crippen LogP contribution in [0.25, 0.3) is 0 Å². The van der Waals surface area contributed by atoms with Crippen LogP contribution in [0.4, 0.5) is 5.82 Å². The Morgan fingerprint density at radius 2 is 2.00 bits per heavy atom. The lowest BCUT2D eigenvalue weighted by Gasteiger charge is -2.12. The zero-order valence-corrected chi connectivity index (χ0v) is 13.2. The first-order chi connectivity index (χ1) is 9.49. The molecular weight excluding hydrogens is 320 g/mol. The molecule has 2 aromatic rings. The monoisotopic (exact) mass is 336 g/mol. The number of hydrazine groups is 1. The zero-order chi connectivity index (χ0) is 14.7. The van der Waals surface area contributed by atoms with Crippen molar-refractivity contribution in [2.75, 3.05) is 5.43 Å². The van der Waals surface area contributed by atoms with Crippen molar-refractivity contribution in [3.63, 3.8) is 0 Å². The Morgan fingerprint density at radius 3 is 2.65 bits per heavy atom. The molecule has 2 rings (SSSR count). The number of nitrogens with two attached hydrogens (primary N) is 1. The van der Waals surface area contributed by atoms with Crippen molar-refractivity contribution in [1.82, 2.24) is 9.97 Å². The third-order valence-electron chi connectivity index (χ3n) is 2.75. The third-order valence-corrected chi connectivity index (χ3v) is 3.24. The lowest BCUT2D eigenvalue weighted by molar-refractivity contribution is 0.453. The second kappa shape index (κ2) is 6.19. The molecule has 0 atom stereocenters. The maximum absolute atomic E-state index is 5.85. The first-order valence-corrected chi connectivity index (χ1v) is 7.08. The first kappa shape index (κ1) is 14.7. The highest BCUT2D eigenvalue weighted by Gasteiger charge is 2.10. The molecule has 1 aromatic carbocycles. The largest absolute Gasteiger partial charge is 0.439 e. The van der Waals surface area contributed by atoms with Crippen molar-refractivity contribution in [1.29, 1.82) is 0 Å². The standard InChI is InChI=1S/C14H17BrN4O/c1-8(2)14-17-12(19-16)7-13(18-14)20-11-6-10(15)5-4-9(11)3/h4-8H,16H2,1-3H3,(H,17,18,19). The van der Waals surface area contributed by atoms with E-state index in [0.29, 0.717) is 17.5 Å². The average Bonchev–Trinajstić information content (AvgIpc) is 2.42. The van der Waals surface area contributed by atoms with Gasteiger partial charge in [-0.25, -0.2) is 10.8 Å². The van der Waals surface area contributed by atoms with Crippen molar-refractivity contribution in [3.8, 4) is 11.6 Å². The summed E-state index contributed by atoms with van der Waals surface area (Å²) in [6.45, 7) is 6.02. The number of halogens is 1. The van der Waals surface area contributed by atoms with E-state index in [2.05, 4.69) is 31.3 Å². The molecule has 0 radical (unpaired) electrons. The molecule has 0 aliphatic carbocycles. The molecule has 20 heavy (non-hydrogen) atoms. The molecule has 6 heteroatoms. The lowest BCUT2D eigenvalue weighted by atomic mass is 10.2. The molecule has 0 amide bonds. The van der Waals surface area contributed by atoms with Gasteiger partial charge in [-0.05, 0) is 24.6 Å². The summed E-state index contributed by atoms with van der Waals surface area (Å²) in [5.74, 6) is 8.05. The van der Waals surface area contributed by atoms with Crippen LogP contribution in [0.2, 0.25) is 0 Å². The van der Waals surface area contributed by atoms with Crippen LogP contribution in [-0.2, 0) is 0 Å². The molecule has 5 nitrogen and oxygen atoms in total. The highest BCUT2D eigenvalue weighted by atomic mass is 79.9. The van der Waals surface area contributed by atoms with Crippen LogP contribution < -0.4 is 16.0 Å². The van der Waals surface area contributed by atoms with Crippen LogP contribution in [0.5, 0.6) is 11.6 Å². The Bertz CT molecular complexity index is 616. The number of rotatable bonds is 4. The van der Waals surface area contributed by atoms with E-state index in [1.807, 2.05) is 39.0 Å². The minimum atomic E-state index is 0.189. The van der Waals surface area contributed by atoms with Gasteiger partial charge in [0.25, 0.3) is 0 Å². The van der Waals surface area contributed by atoms with Crippen molar-refractivity contribution >= 4 is 21.7 Å². The van der Waals surface area contributed by atoms with Crippen molar-refractivity contribution < 1.29 is 4.74 Å². The van der Waals surface area contributed by atoms with Gasteiger partial charge >= 0.3 is 0 Å². The Morgan fingerprint density at radius 1 is 1.25 bits per heavy atom. The number of nitrogens with zero attached hydrogens (tertiary/aromatic N) is 2. The van der Waals surface area contributed by atoms with E-state index < -0.39 is 0 Å². The van der Waals surface area contributed by atoms with E-state index in [-0.39, 0.29) is 5.92 Å². The molecule has 1 heterocycles. The van der Waals surface area contributed by atoms with E-state index in [9.17, 15) is 0 Å². The van der Waals surface area contributed by atoms with Gasteiger partial charge in [-0.3, -0.25) is 0 Å². The van der Waals surface area contributed by atoms with Crippen LogP contribution >= 0.6 is 15.9 Å². The summed E-state index contributed by atoms with van der Waals surface area (Å²) in [4.78, 5) is 8.70. The van der Waals surface area contributed by atoms with E-state index >= 15 is 0 Å². The number of benzene rings is 1. The van der Waals surface area contributed by atoms with Gasteiger partial charge in [-0.2, -0.15) is 4.98 Å². The van der Waals surface area contributed by atoms with Crippen LogP contribution in [0, 0.1) is 6.92 Å². The molecule has 1 aromatic heterocycles. The van der Waals surface area contributed by atoms with E-state index in [1.165, 1.54) is 0 Å². The normalized spacial score (nSPS) is 10.7. The summed E-state index contributed by atoms with van der Waals surface area (Å²) < 4.78 is 6.80. The molecule has 0 fully saturated rings. The summed E-state index contributed by atoms with van der Waals surface area (Å²) in [5.41, 5.74) is 3.56. The van der Waals surface area contributed by atoms with Crippen molar-refractivity contribution in [3.05, 3.63) is 40.1 Å². The van der Waals surface area contributed by atoms with Crippen LogP contribution in [0.3, 0.4) is 0 Å². The number of aryl methyl sites for hydroxylation is 1. The highest BCUT2D eigenvalue weighted by Crippen LogP contribution is 2.28. The maximum atomic E-state index is 5.85. The Labute approximate surface area is 126 Å². The number of aromatic nitrogens is 2. The minimum Gasteiger partial charge on any atom is -0.439 e. The predicted molar refractivity (Wildman–Crippen MR) is 82.9 cm³/mol. The number of ether oxygens (including phenoxy) is 1. The van der Waals surface area contributed by atoms with Crippen LogP contribution in [0.15, 0.2) is 28.7 Å². The molecule has 3 N–H and O–H groups in total. The van der Waals surface area contributed by atoms with Gasteiger partial charge in [0.1, 0.15) is 17.4 Å². The number of hydrogen-bond acceptors (Lipinski definition) is 5. The van der Waals surface area contributed by atoms with Gasteiger partial charge in [0.2, 0.25) is 5.88 Å². The van der Waals surface area contributed by atoms with Crippen molar-refractivity contribution in [2.24, 2.45) is 5.84 Å². The first-order valence-electron chi connectivity index (χ1n) is 6.29. The molecule has 106 valence electrons. The van der Waals surface area contributed by atoms with Crippen molar-refractivity contribution in [2.45, 2.75) is 26.7 Å². The fourth-order valence-corrected chi connectivity index (χ4v) is 1.96. The maximum Gasteiger partial charge on any atom is 0.224 e. The van der Waals surface area contributed by atoms with Gasteiger partial charge < -0.3 is 10.2 Å². The van der Waals surface area contributed by atoms with Crippen LogP contribution in [0.1, 0.15) is 31.2 Å². The lowest BCUT2D eigenvalue weighted by Crippen LogP contribution is -2.11. The average molecular weight is 337 g/mol. The highest BCUT2D eigenvalue weighted by molar-refractivity contribution is 9.10. The summed E-state index contributed by atoms with van der Waals surface area (Å²) in [5, 5.41) is 0. The molecule has 0 saturated carbocycles. The van der Waals surface area contributed by atoms with Gasteiger partial charge in [0.05, 0.1) is 0 Å². The Hall–Kier alpha value is -1.66. The SMILES string of the molecule is Cc1ccc(Br)cc1Oc1cc(NN)nc(C(C)C)n1.